The molecule has 0 unspecified atom stereocenters. The number of piperidine rings is 1. The van der Waals surface area contributed by atoms with E-state index in [-0.39, 0.29) is 5.54 Å². The Balaban J connectivity index is 1.70. The third-order valence-electron chi connectivity index (χ3n) is 5.28. The molecule has 0 amide bonds. The molecule has 0 saturated carbocycles. The van der Waals surface area contributed by atoms with E-state index >= 15 is 0 Å². The Labute approximate surface area is 144 Å². The van der Waals surface area contributed by atoms with Crippen LogP contribution in [0.3, 0.4) is 0 Å². The van der Waals surface area contributed by atoms with Crippen molar-refractivity contribution < 1.29 is 14.2 Å². The lowest BCUT2D eigenvalue weighted by molar-refractivity contribution is 0.115. The van der Waals surface area contributed by atoms with Gasteiger partial charge in [0.15, 0.2) is 0 Å². The fourth-order valence-corrected chi connectivity index (χ4v) is 3.76. The number of methoxy groups -OCH3 is 3. The lowest BCUT2D eigenvalue weighted by Crippen LogP contribution is -2.63. The van der Waals surface area contributed by atoms with Crippen molar-refractivity contribution in [2.24, 2.45) is 0 Å². The average Bonchev–Trinajstić information content (AvgIpc) is 2.64. The summed E-state index contributed by atoms with van der Waals surface area (Å²) in [7, 11) is 5.05. The smallest absolute Gasteiger partial charge is 0.130 e. The van der Waals surface area contributed by atoms with Crippen molar-refractivity contribution in [3.63, 3.8) is 0 Å². The predicted octanol–water partition coefficient (Wildman–Crippen LogP) is 1.24. The van der Waals surface area contributed by atoms with Crippen LogP contribution in [0.25, 0.3) is 0 Å². The Hall–Kier alpha value is -1.50. The van der Waals surface area contributed by atoms with Crippen LogP contribution in [0.1, 0.15) is 18.4 Å². The molecule has 0 aliphatic carbocycles. The number of piperazine rings is 1. The summed E-state index contributed by atoms with van der Waals surface area (Å²) in [4.78, 5) is 2.48. The molecule has 6 nitrogen and oxygen atoms in total. The number of hydrogen-bond acceptors (Lipinski definition) is 6. The molecular formula is C18H29N3O3. The average molecular weight is 335 g/mol. The maximum atomic E-state index is 5.57. The van der Waals surface area contributed by atoms with Crippen LogP contribution in [0.4, 0.5) is 0 Å². The van der Waals surface area contributed by atoms with Crippen LogP contribution in [-0.4, -0.2) is 64.5 Å². The number of rotatable bonds is 5. The van der Waals surface area contributed by atoms with Gasteiger partial charge in [0, 0.05) is 56.9 Å². The highest BCUT2D eigenvalue weighted by Crippen LogP contribution is 2.36. The van der Waals surface area contributed by atoms with E-state index in [9.17, 15) is 0 Å². The molecule has 24 heavy (non-hydrogen) atoms. The van der Waals surface area contributed by atoms with Gasteiger partial charge in [0.05, 0.1) is 26.9 Å². The zero-order valence-corrected chi connectivity index (χ0v) is 15.0. The first-order valence-corrected chi connectivity index (χ1v) is 8.67. The van der Waals surface area contributed by atoms with E-state index in [1.165, 1.54) is 12.8 Å². The minimum atomic E-state index is 0.281. The van der Waals surface area contributed by atoms with Gasteiger partial charge in [-0.1, -0.05) is 0 Å². The van der Waals surface area contributed by atoms with E-state index in [0.717, 1.165) is 62.1 Å². The second-order valence-corrected chi connectivity index (χ2v) is 6.67. The summed E-state index contributed by atoms with van der Waals surface area (Å²) >= 11 is 0. The first-order chi connectivity index (χ1) is 11.7. The standard InChI is InChI=1S/C18H29N3O3/c1-22-14-10-16(23-2)15(17(11-14)24-3)12-21-8-4-18(5-9-21)13-19-6-7-20-18/h10-11,19-20H,4-9,12-13H2,1-3H3. The van der Waals surface area contributed by atoms with Crippen LogP contribution < -0.4 is 24.8 Å². The van der Waals surface area contributed by atoms with E-state index in [0.29, 0.717) is 0 Å². The van der Waals surface area contributed by atoms with Crippen LogP contribution in [-0.2, 0) is 6.54 Å². The van der Waals surface area contributed by atoms with Gasteiger partial charge in [-0.15, -0.1) is 0 Å². The molecule has 2 aliphatic rings. The summed E-state index contributed by atoms with van der Waals surface area (Å²) in [5.74, 6) is 2.40. The molecule has 134 valence electrons. The Bertz CT molecular complexity index is 523. The van der Waals surface area contributed by atoms with Gasteiger partial charge < -0.3 is 24.8 Å². The number of hydrogen-bond donors (Lipinski definition) is 2. The Kier molecular flexibility index (Phi) is 5.48. The summed E-state index contributed by atoms with van der Waals surface area (Å²) in [6.07, 6.45) is 2.33. The molecule has 0 aromatic heterocycles. The van der Waals surface area contributed by atoms with Crippen LogP contribution in [0.2, 0.25) is 0 Å². The van der Waals surface area contributed by atoms with Gasteiger partial charge in [0.1, 0.15) is 17.2 Å². The molecule has 2 fully saturated rings. The summed E-state index contributed by atoms with van der Waals surface area (Å²) in [6, 6.07) is 3.85. The van der Waals surface area contributed by atoms with Crippen molar-refractivity contribution in [1.82, 2.24) is 15.5 Å². The summed E-state index contributed by atoms with van der Waals surface area (Å²) < 4.78 is 16.5. The molecule has 1 aromatic carbocycles. The number of nitrogens with one attached hydrogen (secondary N) is 2. The lowest BCUT2D eigenvalue weighted by Gasteiger charge is -2.45. The van der Waals surface area contributed by atoms with E-state index in [1.807, 2.05) is 12.1 Å². The second-order valence-electron chi connectivity index (χ2n) is 6.67. The van der Waals surface area contributed by atoms with Crippen LogP contribution >= 0.6 is 0 Å². The zero-order chi connectivity index (χ0) is 17.0. The summed E-state index contributed by atoms with van der Waals surface area (Å²) in [6.45, 7) is 6.21. The number of nitrogens with zero attached hydrogens (tertiary/aromatic N) is 1. The number of benzene rings is 1. The van der Waals surface area contributed by atoms with Crippen LogP contribution in [0.15, 0.2) is 12.1 Å². The number of likely N-dealkylation sites (tertiary alicyclic amines) is 1. The molecule has 2 aliphatic heterocycles. The molecular weight excluding hydrogens is 306 g/mol. The van der Waals surface area contributed by atoms with Gasteiger partial charge >= 0.3 is 0 Å². The molecule has 1 spiro atoms. The fraction of sp³-hybridized carbons (Fsp3) is 0.667. The van der Waals surface area contributed by atoms with E-state index in [4.69, 9.17) is 14.2 Å². The fourth-order valence-electron chi connectivity index (χ4n) is 3.76. The first-order valence-electron chi connectivity index (χ1n) is 8.67. The van der Waals surface area contributed by atoms with Crippen molar-refractivity contribution in [2.45, 2.75) is 24.9 Å². The third-order valence-corrected chi connectivity index (χ3v) is 5.28. The van der Waals surface area contributed by atoms with Crippen molar-refractivity contribution in [3.8, 4) is 17.2 Å². The largest absolute Gasteiger partial charge is 0.496 e. The van der Waals surface area contributed by atoms with E-state index < -0.39 is 0 Å². The van der Waals surface area contributed by atoms with E-state index in [1.54, 1.807) is 21.3 Å². The van der Waals surface area contributed by atoms with Crippen LogP contribution in [0, 0.1) is 0 Å². The lowest BCUT2D eigenvalue weighted by atomic mass is 9.86. The second kappa shape index (κ2) is 7.59. The van der Waals surface area contributed by atoms with Gasteiger partial charge in [-0.2, -0.15) is 0 Å². The third kappa shape index (κ3) is 3.61. The van der Waals surface area contributed by atoms with E-state index in [2.05, 4.69) is 15.5 Å². The maximum absolute atomic E-state index is 5.57. The first kappa shape index (κ1) is 17.3. The molecule has 0 bridgehead atoms. The van der Waals surface area contributed by atoms with Crippen molar-refractivity contribution in [2.75, 3.05) is 54.1 Å². The highest BCUT2D eigenvalue weighted by molar-refractivity contribution is 5.50. The Morgan fingerprint density at radius 1 is 1.00 bits per heavy atom. The zero-order valence-electron chi connectivity index (χ0n) is 15.0. The van der Waals surface area contributed by atoms with Gasteiger partial charge in [0.25, 0.3) is 0 Å². The highest BCUT2D eigenvalue weighted by Gasteiger charge is 2.35. The van der Waals surface area contributed by atoms with Crippen molar-refractivity contribution >= 4 is 0 Å². The molecule has 2 N–H and O–H groups in total. The Morgan fingerprint density at radius 2 is 1.67 bits per heavy atom. The highest BCUT2D eigenvalue weighted by atomic mass is 16.5. The summed E-state index contributed by atoms with van der Waals surface area (Å²) in [5.41, 5.74) is 1.37. The molecule has 1 aromatic rings. The number of ether oxygens (including phenoxy) is 3. The maximum Gasteiger partial charge on any atom is 0.130 e. The predicted molar refractivity (Wildman–Crippen MR) is 94.2 cm³/mol. The quantitative estimate of drug-likeness (QED) is 0.844. The minimum Gasteiger partial charge on any atom is -0.496 e. The SMILES string of the molecule is COc1cc(OC)c(CN2CCC3(CC2)CNCCN3)c(OC)c1. The van der Waals surface area contributed by atoms with Crippen LogP contribution in [0.5, 0.6) is 17.2 Å². The molecule has 0 radical (unpaired) electrons. The van der Waals surface area contributed by atoms with Gasteiger partial charge in [-0.05, 0) is 12.8 Å². The van der Waals surface area contributed by atoms with Gasteiger partial charge in [-0.3, -0.25) is 4.90 Å². The Morgan fingerprint density at radius 3 is 2.17 bits per heavy atom. The monoisotopic (exact) mass is 335 g/mol. The van der Waals surface area contributed by atoms with Crippen molar-refractivity contribution in [1.29, 1.82) is 0 Å². The molecule has 2 heterocycles. The topological polar surface area (TPSA) is 55.0 Å². The molecule has 2 saturated heterocycles. The minimum absolute atomic E-state index is 0.281. The molecule has 0 atom stereocenters. The molecule has 6 heteroatoms. The van der Waals surface area contributed by atoms with Gasteiger partial charge in [0.2, 0.25) is 0 Å². The normalized spacial score (nSPS) is 20.8. The van der Waals surface area contributed by atoms with Crippen molar-refractivity contribution in [3.05, 3.63) is 17.7 Å². The van der Waals surface area contributed by atoms with Gasteiger partial charge in [-0.25, -0.2) is 0 Å². The molecule has 3 rings (SSSR count). The summed E-state index contributed by atoms with van der Waals surface area (Å²) in [5, 5.41) is 7.25.